The van der Waals surface area contributed by atoms with Gasteiger partial charge in [-0.05, 0) is 53.7 Å². The molecular weight excluding hydrogens is 326 g/mol. The van der Waals surface area contributed by atoms with E-state index in [0.29, 0.717) is 6.42 Å². The molecule has 1 aliphatic rings. The standard InChI is InChI=1S/C14H20BrNO2S/c15-13-9-8-10(19-13)4-3-7-14(18)16-11-5-1-2-6-12(11)17/h8-9,11-12,17H,1-7H2,(H,16,18). The second-order valence-corrected chi connectivity index (χ2v) is 7.63. The van der Waals surface area contributed by atoms with E-state index in [2.05, 4.69) is 27.3 Å². The SMILES string of the molecule is O=C(CCCc1ccc(Br)s1)NC1CCCCC1O. The molecule has 2 N–H and O–H groups in total. The molecule has 3 nitrogen and oxygen atoms in total. The Morgan fingerprint density at radius 2 is 2.21 bits per heavy atom. The molecule has 0 aliphatic heterocycles. The molecule has 1 aromatic heterocycles. The Morgan fingerprint density at radius 3 is 2.89 bits per heavy atom. The summed E-state index contributed by atoms with van der Waals surface area (Å²) >= 11 is 5.16. The molecule has 1 saturated carbocycles. The molecule has 1 amide bonds. The summed E-state index contributed by atoms with van der Waals surface area (Å²) in [5, 5.41) is 12.8. The van der Waals surface area contributed by atoms with Crippen LogP contribution in [0.25, 0.3) is 0 Å². The third-order valence-corrected chi connectivity index (χ3v) is 5.22. The monoisotopic (exact) mass is 345 g/mol. The van der Waals surface area contributed by atoms with E-state index in [9.17, 15) is 9.90 Å². The second-order valence-electron chi connectivity index (χ2n) is 5.09. The smallest absolute Gasteiger partial charge is 0.220 e. The number of carbonyl (C=O) groups excluding carboxylic acids is 1. The fourth-order valence-electron chi connectivity index (χ4n) is 2.47. The summed E-state index contributed by atoms with van der Waals surface area (Å²) in [6.45, 7) is 0. The van der Waals surface area contributed by atoms with Crippen LogP contribution in [0.1, 0.15) is 43.4 Å². The van der Waals surface area contributed by atoms with E-state index >= 15 is 0 Å². The van der Waals surface area contributed by atoms with E-state index in [4.69, 9.17) is 0 Å². The van der Waals surface area contributed by atoms with Crippen molar-refractivity contribution >= 4 is 33.2 Å². The van der Waals surface area contributed by atoms with Gasteiger partial charge in [0.1, 0.15) is 0 Å². The van der Waals surface area contributed by atoms with E-state index in [1.807, 2.05) is 6.07 Å². The third-order valence-electron chi connectivity index (χ3n) is 3.53. The first-order valence-electron chi connectivity index (χ1n) is 6.87. The molecule has 2 rings (SSSR count). The van der Waals surface area contributed by atoms with Crippen LogP contribution in [0.3, 0.4) is 0 Å². The number of rotatable bonds is 5. The number of hydrogen-bond acceptors (Lipinski definition) is 3. The molecule has 5 heteroatoms. The molecule has 0 bridgehead atoms. The van der Waals surface area contributed by atoms with Crippen LogP contribution in [0, 0.1) is 0 Å². The van der Waals surface area contributed by atoms with Crippen molar-refractivity contribution in [1.29, 1.82) is 0 Å². The molecule has 1 aromatic rings. The topological polar surface area (TPSA) is 49.3 Å². The molecule has 106 valence electrons. The van der Waals surface area contributed by atoms with Gasteiger partial charge in [0, 0.05) is 11.3 Å². The van der Waals surface area contributed by atoms with E-state index < -0.39 is 0 Å². The molecule has 19 heavy (non-hydrogen) atoms. The highest BCUT2D eigenvalue weighted by Crippen LogP contribution is 2.23. The maximum absolute atomic E-state index is 11.8. The number of aryl methyl sites for hydroxylation is 1. The maximum atomic E-state index is 11.8. The van der Waals surface area contributed by atoms with Gasteiger partial charge in [0.05, 0.1) is 15.9 Å². The number of nitrogens with one attached hydrogen (secondary N) is 1. The van der Waals surface area contributed by atoms with Crippen molar-refractivity contribution in [1.82, 2.24) is 5.32 Å². The van der Waals surface area contributed by atoms with Crippen molar-refractivity contribution in [3.63, 3.8) is 0 Å². The minimum absolute atomic E-state index is 0.0304. The number of carbonyl (C=O) groups is 1. The second kappa shape index (κ2) is 7.41. The number of amides is 1. The van der Waals surface area contributed by atoms with Gasteiger partial charge in [-0.25, -0.2) is 0 Å². The molecule has 1 fully saturated rings. The molecule has 2 unspecified atom stereocenters. The number of hydrogen-bond donors (Lipinski definition) is 2. The van der Waals surface area contributed by atoms with Crippen molar-refractivity contribution in [2.75, 3.05) is 0 Å². The Bertz CT molecular complexity index is 421. The summed E-state index contributed by atoms with van der Waals surface area (Å²) in [4.78, 5) is 13.1. The predicted molar refractivity (Wildman–Crippen MR) is 81.4 cm³/mol. The molecule has 0 radical (unpaired) electrons. The van der Waals surface area contributed by atoms with E-state index in [0.717, 1.165) is 42.3 Å². The first-order valence-corrected chi connectivity index (χ1v) is 8.48. The lowest BCUT2D eigenvalue weighted by Crippen LogP contribution is -2.45. The van der Waals surface area contributed by atoms with Gasteiger partial charge in [0.2, 0.25) is 5.91 Å². The van der Waals surface area contributed by atoms with Gasteiger partial charge in [0.25, 0.3) is 0 Å². The Kier molecular flexibility index (Phi) is 5.85. The van der Waals surface area contributed by atoms with Crippen LogP contribution in [-0.4, -0.2) is 23.2 Å². The third kappa shape index (κ3) is 4.89. The highest BCUT2D eigenvalue weighted by molar-refractivity contribution is 9.11. The molecule has 1 heterocycles. The lowest BCUT2D eigenvalue weighted by atomic mass is 9.92. The van der Waals surface area contributed by atoms with Gasteiger partial charge < -0.3 is 10.4 Å². The summed E-state index contributed by atoms with van der Waals surface area (Å²) in [5.74, 6) is 0.0709. The van der Waals surface area contributed by atoms with E-state index in [-0.39, 0.29) is 18.1 Å². The zero-order valence-corrected chi connectivity index (χ0v) is 13.3. The molecular formula is C14H20BrNO2S. The van der Waals surface area contributed by atoms with Gasteiger partial charge in [-0.1, -0.05) is 12.8 Å². The summed E-state index contributed by atoms with van der Waals surface area (Å²) in [6, 6.07) is 4.10. The summed E-state index contributed by atoms with van der Waals surface area (Å²) in [7, 11) is 0. The maximum Gasteiger partial charge on any atom is 0.220 e. The fraction of sp³-hybridized carbons (Fsp3) is 0.643. The van der Waals surface area contributed by atoms with Crippen molar-refractivity contribution in [3.8, 4) is 0 Å². The summed E-state index contributed by atoms with van der Waals surface area (Å²) < 4.78 is 1.14. The first-order chi connectivity index (χ1) is 9.15. The predicted octanol–water partition coefficient (Wildman–Crippen LogP) is 3.25. The largest absolute Gasteiger partial charge is 0.391 e. The minimum Gasteiger partial charge on any atom is -0.391 e. The van der Waals surface area contributed by atoms with Gasteiger partial charge in [-0.2, -0.15) is 0 Å². The van der Waals surface area contributed by atoms with Gasteiger partial charge in [0.15, 0.2) is 0 Å². The molecule has 1 aliphatic carbocycles. The highest BCUT2D eigenvalue weighted by Gasteiger charge is 2.24. The number of halogens is 1. The average molecular weight is 346 g/mol. The molecule has 0 saturated heterocycles. The van der Waals surface area contributed by atoms with E-state index in [1.165, 1.54) is 4.88 Å². The lowest BCUT2D eigenvalue weighted by Gasteiger charge is -2.28. The molecule has 0 spiro atoms. The van der Waals surface area contributed by atoms with Crippen molar-refractivity contribution in [2.45, 2.75) is 57.1 Å². The Balaban J connectivity index is 1.66. The van der Waals surface area contributed by atoms with Crippen LogP contribution in [0.2, 0.25) is 0 Å². The Labute approximate surface area is 126 Å². The fourth-order valence-corrected chi connectivity index (χ4v) is 3.99. The first kappa shape index (κ1) is 15.0. The van der Waals surface area contributed by atoms with Crippen LogP contribution in [0.15, 0.2) is 15.9 Å². The van der Waals surface area contributed by atoms with Crippen LogP contribution < -0.4 is 5.32 Å². The summed E-state index contributed by atoms with van der Waals surface area (Å²) in [6.07, 6.45) is 5.88. The molecule has 0 aromatic carbocycles. The normalized spacial score (nSPS) is 23.3. The number of aliphatic hydroxyl groups is 1. The zero-order chi connectivity index (χ0) is 13.7. The van der Waals surface area contributed by atoms with Crippen molar-refractivity contribution in [2.24, 2.45) is 0 Å². The Morgan fingerprint density at radius 1 is 1.42 bits per heavy atom. The van der Waals surface area contributed by atoms with Crippen molar-refractivity contribution < 1.29 is 9.90 Å². The van der Waals surface area contributed by atoms with Gasteiger partial charge in [-0.15, -0.1) is 11.3 Å². The van der Waals surface area contributed by atoms with Crippen molar-refractivity contribution in [3.05, 3.63) is 20.8 Å². The lowest BCUT2D eigenvalue weighted by molar-refractivity contribution is -0.123. The molecule has 2 atom stereocenters. The van der Waals surface area contributed by atoms with Gasteiger partial charge in [-0.3, -0.25) is 4.79 Å². The minimum atomic E-state index is -0.356. The van der Waals surface area contributed by atoms with E-state index in [1.54, 1.807) is 11.3 Å². The summed E-state index contributed by atoms with van der Waals surface area (Å²) in [5.41, 5.74) is 0. The zero-order valence-electron chi connectivity index (χ0n) is 10.9. The number of thiophene rings is 1. The number of aliphatic hydroxyl groups excluding tert-OH is 1. The average Bonchev–Trinajstić information content (AvgIpc) is 2.78. The van der Waals surface area contributed by atoms with Crippen LogP contribution in [0.5, 0.6) is 0 Å². The van der Waals surface area contributed by atoms with Crippen LogP contribution >= 0.6 is 27.3 Å². The van der Waals surface area contributed by atoms with Gasteiger partial charge >= 0.3 is 0 Å². The van der Waals surface area contributed by atoms with Crippen LogP contribution in [0.4, 0.5) is 0 Å². The van der Waals surface area contributed by atoms with Crippen LogP contribution in [-0.2, 0) is 11.2 Å². The quantitative estimate of drug-likeness (QED) is 0.860. The Hall–Kier alpha value is -0.390. The highest BCUT2D eigenvalue weighted by atomic mass is 79.9.